The van der Waals surface area contributed by atoms with Gasteiger partial charge in [0.05, 0.1) is 5.69 Å². The van der Waals surface area contributed by atoms with Gasteiger partial charge in [0, 0.05) is 38.3 Å². The topological polar surface area (TPSA) is 73.5 Å². The second-order valence-electron chi connectivity index (χ2n) is 6.30. The number of anilines is 1. The summed E-state index contributed by atoms with van der Waals surface area (Å²) in [6.45, 7) is 7.36. The molecule has 0 spiro atoms. The predicted octanol–water partition coefficient (Wildman–Crippen LogP) is 2.04. The molecule has 3 N–H and O–H groups in total. The number of benzene rings is 1. The lowest BCUT2D eigenvalue weighted by Gasteiger charge is -2.27. The predicted molar refractivity (Wildman–Crippen MR) is 91.6 cm³/mol. The lowest BCUT2D eigenvalue weighted by atomic mass is 10.1. The monoisotopic (exact) mass is 336 g/mol. The average molecular weight is 336 g/mol. The van der Waals surface area contributed by atoms with Gasteiger partial charge in [0.15, 0.2) is 0 Å². The molecule has 1 aromatic rings. The van der Waals surface area contributed by atoms with Crippen molar-refractivity contribution in [3.8, 4) is 0 Å². The van der Waals surface area contributed by atoms with E-state index in [0.717, 1.165) is 19.5 Å². The number of carbonyl (C=O) groups excluding carboxylic acids is 2. The van der Waals surface area contributed by atoms with Crippen LogP contribution in [0.2, 0.25) is 0 Å². The minimum atomic E-state index is -0.616. The molecule has 7 heteroatoms. The number of urea groups is 1. The molecule has 3 amide bonds. The highest BCUT2D eigenvalue weighted by Crippen LogP contribution is 2.17. The molecule has 24 heavy (non-hydrogen) atoms. The molecule has 1 heterocycles. The molecule has 0 atom stereocenters. The average Bonchev–Trinajstić information content (AvgIpc) is 2.56. The van der Waals surface area contributed by atoms with Gasteiger partial charge in [-0.15, -0.1) is 0 Å². The normalized spacial score (nSPS) is 14.6. The van der Waals surface area contributed by atoms with E-state index in [1.807, 2.05) is 0 Å². The van der Waals surface area contributed by atoms with Crippen molar-refractivity contribution in [2.45, 2.75) is 20.3 Å². The molecule has 6 nitrogen and oxygen atoms in total. The Kier molecular flexibility index (Phi) is 6.54. The third kappa shape index (κ3) is 5.19. The van der Waals surface area contributed by atoms with E-state index in [-0.39, 0.29) is 11.6 Å². The molecule has 0 aromatic heterocycles. The minimum Gasteiger partial charge on any atom is -0.338 e. The van der Waals surface area contributed by atoms with Gasteiger partial charge in [0.25, 0.3) is 5.91 Å². The van der Waals surface area contributed by atoms with Gasteiger partial charge in [-0.05, 0) is 30.5 Å². The highest BCUT2D eigenvalue weighted by atomic mass is 19.1. The Bertz CT molecular complexity index is 586. The van der Waals surface area contributed by atoms with Crippen molar-refractivity contribution in [1.29, 1.82) is 0 Å². The number of hydrogen-bond donors (Lipinski definition) is 3. The Balaban J connectivity index is 1.93. The van der Waals surface area contributed by atoms with E-state index in [4.69, 9.17) is 0 Å². The van der Waals surface area contributed by atoms with Gasteiger partial charge in [-0.3, -0.25) is 4.79 Å². The Morgan fingerprint density at radius 2 is 2.00 bits per heavy atom. The summed E-state index contributed by atoms with van der Waals surface area (Å²) in [5.41, 5.74) is 0.356. The smallest absolute Gasteiger partial charge is 0.319 e. The Morgan fingerprint density at radius 1 is 1.29 bits per heavy atom. The first kappa shape index (κ1) is 18.2. The van der Waals surface area contributed by atoms with Crippen molar-refractivity contribution >= 4 is 17.6 Å². The fourth-order valence-electron chi connectivity index (χ4n) is 2.44. The molecule has 1 aliphatic rings. The first-order chi connectivity index (χ1) is 11.5. The van der Waals surface area contributed by atoms with Crippen LogP contribution in [0.15, 0.2) is 18.2 Å². The summed E-state index contributed by atoms with van der Waals surface area (Å²) in [7, 11) is 0. The van der Waals surface area contributed by atoms with Crippen molar-refractivity contribution in [1.82, 2.24) is 15.5 Å². The maximum atomic E-state index is 14.2. The number of rotatable bonds is 5. The summed E-state index contributed by atoms with van der Waals surface area (Å²) >= 11 is 0. The number of amides is 3. The number of nitrogens with one attached hydrogen (secondary N) is 3. The molecule has 1 aromatic carbocycles. The zero-order valence-electron chi connectivity index (χ0n) is 14.2. The van der Waals surface area contributed by atoms with E-state index in [0.29, 0.717) is 31.1 Å². The Labute approximate surface area is 141 Å². The molecular weight excluding hydrogens is 311 g/mol. The number of hydrogen-bond acceptors (Lipinski definition) is 3. The summed E-state index contributed by atoms with van der Waals surface area (Å²) in [6.07, 6.45) is 0.855. The molecule has 0 saturated carbocycles. The fourth-order valence-corrected chi connectivity index (χ4v) is 2.44. The number of piperazine rings is 1. The van der Waals surface area contributed by atoms with Crippen molar-refractivity contribution in [3.63, 3.8) is 0 Å². The lowest BCUT2D eigenvalue weighted by Crippen LogP contribution is -2.46. The van der Waals surface area contributed by atoms with Gasteiger partial charge in [0.1, 0.15) is 5.82 Å². The second-order valence-corrected chi connectivity index (χ2v) is 6.30. The largest absolute Gasteiger partial charge is 0.338 e. The highest BCUT2D eigenvalue weighted by molar-refractivity contribution is 5.95. The van der Waals surface area contributed by atoms with Crippen LogP contribution in [-0.2, 0) is 0 Å². The van der Waals surface area contributed by atoms with E-state index in [1.54, 1.807) is 4.90 Å². The van der Waals surface area contributed by atoms with Crippen molar-refractivity contribution in [2.24, 2.45) is 5.92 Å². The molecule has 1 aliphatic heterocycles. The van der Waals surface area contributed by atoms with E-state index in [9.17, 15) is 14.0 Å². The second kappa shape index (κ2) is 8.63. The molecule has 1 fully saturated rings. The SMILES string of the molecule is CC(C)CCNC(=O)Nc1ccc(C(=O)N2CCNCC2)cc1F. The zero-order chi connectivity index (χ0) is 17.5. The van der Waals surface area contributed by atoms with Gasteiger partial charge < -0.3 is 20.9 Å². The van der Waals surface area contributed by atoms with Crippen LogP contribution in [0.5, 0.6) is 0 Å². The van der Waals surface area contributed by atoms with Crippen LogP contribution in [0.25, 0.3) is 0 Å². The molecule has 0 aliphatic carbocycles. The van der Waals surface area contributed by atoms with Crippen LogP contribution in [0.4, 0.5) is 14.9 Å². The quantitative estimate of drug-likeness (QED) is 0.770. The lowest BCUT2D eigenvalue weighted by molar-refractivity contribution is 0.0735. The van der Waals surface area contributed by atoms with Crippen LogP contribution in [0, 0.1) is 11.7 Å². The van der Waals surface area contributed by atoms with E-state index < -0.39 is 11.8 Å². The Hall–Kier alpha value is -2.15. The summed E-state index contributed by atoms with van der Waals surface area (Å²) < 4.78 is 14.2. The van der Waals surface area contributed by atoms with Gasteiger partial charge in [-0.2, -0.15) is 0 Å². The van der Waals surface area contributed by atoms with Crippen LogP contribution < -0.4 is 16.0 Å². The first-order valence-electron chi connectivity index (χ1n) is 8.31. The van der Waals surface area contributed by atoms with E-state index in [2.05, 4.69) is 29.8 Å². The maximum Gasteiger partial charge on any atom is 0.319 e. The third-order valence-electron chi connectivity index (χ3n) is 3.88. The van der Waals surface area contributed by atoms with Crippen molar-refractivity contribution < 1.29 is 14.0 Å². The number of halogens is 1. The van der Waals surface area contributed by atoms with Crippen molar-refractivity contribution in [2.75, 3.05) is 38.0 Å². The van der Waals surface area contributed by atoms with Gasteiger partial charge in [0.2, 0.25) is 0 Å². The molecule has 0 unspecified atom stereocenters. The van der Waals surface area contributed by atoms with Gasteiger partial charge in [-0.1, -0.05) is 13.8 Å². The van der Waals surface area contributed by atoms with Crippen LogP contribution in [0.3, 0.4) is 0 Å². The fraction of sp³-hybridized carbons (Fsp3) is 0.529. The van der Waals surface area contributed by atoms with Crippen LogP contribution >= 0.6 is 0 Å². The first-order valence-corrected chi connectivity index (χ1v) is 8.31. The van der Waals surface area contributed by atoms with E-state index >= 15 is 0 Å². The van der Waals surface area contributed by atoms with Crippen LogP contribution in [0.1, 0.15) is 30.6 Å². The molecule has 1 saturated heterocycles. The zero-order valence-corrected chi connectivity index (χ0v) is 14.2. The van der Waals surface area contributed by atoms with Gasteiger partial charge >= 0.3 is 6.03 Å². The number of carbonyl (C=O) groups is 2. The van der Waals surface area contributed by atoms with E-state index in [1.165, 1.54) is 18.2 Å². The summed E-state index contributed by atoms with van der Waals surface area (Å²) in [4.78, 5) is 25.8. The number of nitrogens with zero attached hydrogens (tertiary/aromatic N) is 1. The molecular formula is C17H25FN4O2. The summed E-state index contributed by atoms with van der Waals surface area (Å²) in [6, 6.07) is 3.69. The summed E-state index contributed by atoms with van der Waals surface area (Å²) in [5, 5.41) is 8.31. The van der Waals surface area contributed by atoms with Crippen molar-refractivity contribution in [3.05, 3.63) is 29.6 Å². The molecule has 2 rings (SSSR count). The summed E-state index contributed by atoms with van der Waals surface area (Å²) in [5.74, 6) is -0.323. The maximum absolute atomic E-state index is 14.2. The molecule has 132 valence electrons. The minimum absolute atomic E-state index is 0.0638. The molecule has 0 radical (unpaired) electrons. The highest BCUT2D eigenvalue weighted by Gasteiger charge is 2.19. The van der Waals surface area contributed by atoms with Gasteiger partial charge in [-0.25, -0.2) is 9.18 Å². The van der Waals surface area contributed by atoms with Crippen LogP contribution in [-0.4, -0.2) is 49.6 Å². The molecule has 0 bridgehead atoms. The third-order valence-corrected chi connectivity index (χ3v) is 3.88. The standard InChI is InChI=1S/C17H25FN4O2/c1-12(2)5-6-20-17(24)21-15-4-3-13(11-14(15)18)16(23)22-9-7-19-8-10-22/h3-4,11-12,19H,5-10H2,1-2H3,(H2,20,21,24). The Morgan fingerprint density at radius 3 is 2.62 bits per heavy atom.